The lowest BCUT2D eigenvalue weighted by molar-refractivity contribution is -0.143. The predicted molar refractivity (Wildman–Crippen MR) is 282 cm³/mol. The van der Waals surface area contributed by atoms with Gasteiger partial charge in [-0.1, -0.05) is 248 Å². The number of allylic oxidation sites excluding steroid dienone is 8. The average molecular weight is 911 g/mol. The fourth-order valence-corrected chi connectivity index (χ4v) is 8.19. The summed E-state index contributed by atoms with van der Waals surface area (Å²) in [7, 11) is 0. The molecule has 0 aromatic carbocycles. The molecule has 0 aliphatic carbocycles. The lowest BCUT2D eigenvalue weighted by Crippen LogP contribution is -2.45. The Hall–Kier alpha value is -2.44. The maximum atomic E-state index is 12.4. The molecule has 0 aliphatic rings. The zero-order valence-corrected chi connectivity index (χ0v) is 43.0. The first-order valence-electron chi connectivity index (χ1n) is 28.1. The van der Waals surface area contributed by atoms with Crippen LogP contribution < -0.4 is 5.32 Å². The molecule has 2 atom stereocenters. The first kappa shape index (κ1) is 62.6. The van der Waals surface area contributed by atoms with Gasteiger partial charge in [-0.25, -0.2) is 0 Å². The van der Waals surface area contributed by atoms with E-state index in [1.807, 2.05) is 6.08 Å². The fraction of sp³-hybridized carbons (Fsp3) is 0.797. The minimum absolute atomic E-state index is 0.0515. The van der Waals surface area contributed by atoms with Crippen molar-refractivity contribution >= 4 is 11.9 Å². The van der Waals surface area contributed by atoms with Crippen molar-refractivity contribution < 1.29 is 24.5 Å². The third kappa shape index (κ3) is 50.8. The highest BCUT2D eigenvalue weighted by molar-refractivity contribution is 5.76. The van der Waals surface area contributed by atoms with E-state index in [4.69, 9.17) is 4.74 Å². The number of aliphatic hydroxyl groups is 2. The van der Waals surface area contributed by atoms with Crippen molar-refractivity contribution in [3.05, 3.63) is 60.8 Å². The van der Waals surface area contributed by atoms with E-state index >= 15 is 0 Å². The van der Waals surface area contributed by atoms with E-state index < -0.39 is 12.1 Å². The largest absolute Gasteiger partial charge is 0.465 e. The molecule has 0 bridgehead atoms. The molecule has 0 rings (SSSR count). The maximum absolute atomic E-state index is 12.4. The minimum atomic E-state index is -0.848. The van der Waals surface area contributed by atoms with E-state index in [-0.39, 0.29) is 18.5 Å². The molecule has 6 heteroatoms. The normalized spacial score (nSPS) is 13.1. The highest BCUT2D eigenvalue weighted by Crippen LogP contribution is 2.16. The maximum Gasteiger partial charge on any atom is 0.305 e. The third-order valence-corrected chi connectivity index (χ3v) is 12.5. The van der Waals surface area contributed by atoms with E-state index in [0.717, 1.165) is 64.2 Å². The van der Waals surface area contributed by atoms with Crippen LogP contribution in [0.3, 0.4) is 0 Å². The lowest BCUT2D eigenvalue weighted by Gasteiger charge is -2.20. The standard InChI is InChI=1S/C59H107NO5/c1-3-5-7-9-11-13-15-17-29-33-37-41-45-49-53-59(64)65-54-50-46-42-38-34-30-26-24-22-20-18-19-21-23-25-28-32-36-40-44-48-52-58(63)60-56(55-61)57(62)51-47-43-39-35-31-27-16-14-12-10-8-6-4-2/h9,11,15,17,30,34,42,46-47,51,56-57,61-62H,3-8,10,12-14,16,18-29,31-33,35-41,43-45,48-50,52-55H2,1-2H3,(H,60,63)/b11-9-,17-15-,34-30-,46-42-,51-47+. The molecule has 0 aromatic rings. The third-order valence-electron chi connectivity index (χ3n) is 12.5. The van der Waals surface area contributed by atoms with Gasteiger partial charge in [0, 0.05) is 12.8 Å². The first-order valence-corrected chi connectivity index (χ1v) is 28.1. The Morgan fingerprint density at radius 1 is 0.431 bits per heavy atom. The monoisotopic (exact) mass is 910 g/mol. The van der Waals surface area contributed by atoms with Crippen molar-refractivity contribution in [3.63, 3.8) is 0 Å². The van der Waals surface area contributed by atoms with Crippen LogP contribution in [-0.2, 0) is 14.3 Å². The van der Waals surface area contributed by atoms with E-state index in [2.05, 4.69) is 67.8 Å². The van der Waals surface area contributed by atoms with Crippen LogP contribution in [0, 0.1) is 0 Å². The van der Waals surface area contributed by atoms with Gasteiger partial charge in [-0.05, 0) is 77.0 Å². The highest BCUT2D eigenvalue weighted by Gasteiger charge is 2.18. The average Bonchev–Trinajstić information content (AvgIpc) is 3.31. The molecule has 0 spiro atoms. The van der Waals surface area contributed by atoms with Crippen molar-refractivity contribution in [2.24, 2.45) is 0 Å². The molecular formula is C59H107NO5. The van der Waals surface area contributed by atoms with Gasteiger partial charge in [-0.15, -0.1) is 0 Å². The zero-order valence-electron chi connectivity index (χ0n) is 43.0. The highest BCUT2D eigenvalue weighted by atomic mass is 16.5. The minimum Gasteiger partial charge on any atom is -0.465 e. The van der Waals surface area contributed by atoms with Gasteiger partial charge in [-0.3, -0.25) is 9.59 Å². The number of rotatable bonds is 51. The topological polar surface area (TPSA) is 95.9 Å². The molecule has 0 heterocycles. The molecule has 0 saturated carbocycles. The predicted octanol–water partition coefficient (Wildman–Crippen LogP) is 17.2. The number of unbranched alkanes of at least 4 members (excludes halogenated alkanes) is 32. The molecule has 378 valence electrons. The SMILES string of the molecule is CCCC/C=C\C/C=C\CCCCCCCC(=O)OCC/C=C\C/C=C\CCCCCCCCCCCCCCCCC(=O)NC(CO)C(O)/C=C/CCCCCCCCCCCCC. The molecule has 0 saturated heterocycles. The second-order valence-corrected chi connectivity index (χ2v) is 18.9. The molecule has 0 aromatic heterocycles. The Morgan fingerprint density at radius 3 is 1.22 bits per heavy atom. The van der Waals surface area contributed by atoms with Crippen molar-refractivity contribution in [3.8, 4) is 0 Å². The number of aliphatic hydroxyl groups excluding tert-OH is 2. The van der Waals surface area contributed by atoms with Gasteiger partial charge in [0.25, 0.3) is 0 Å². The number of esters is 1. The van der Waals surface area contributed by atoms with Gasteiger partial charge in [0.05, 0.1) is 25.4 Å². The molecule has 0 fully saturated rings. The quantitative estimate of drug-likeness (QED) is 0.0321. The summed E-state index contributed by atoms with van der Waals surface area (Å²) in [6, 6.07) is -0.632. The summed E-state index contributed by atoms with van der Waals surface area (Å²) in [5.74, 6) is -0.126. The first-order chi connectivity index (χ1) is 32.0. The van der Waals surface area contributed by atoms with Crippen LogP contribution >= 0.6 is 0 Å². The number of amides is 1. The van der Waals surface area contributed by atoms with Crippen molar-refractivity contribution in [2.45, 2.75) is 289 Å². The summed E-state index contributed by atoms with van der Waals surface area (Å²) >= 11 is 0. The Kier molecular flexibility index (Phi) is 52.1. The summed E-state index contributed by atoms with van der Waals surface area (Å²) in [4.78, 5) is 24.4. The van der Waals surface area contributed by atoms with Gasteiger partial charge in [0.1, 0.15) is 0 Å². The summed E-state index contributed by atoms with van der Waals surface area (Å²) in [6.45, 7) is 4.73. The Balaban J connectivity index is 3.49. The van der Waals surface area contributed by atoms with Crippen LogP contribution in [0.2, 0.25) is 0 Å². The van der Waals surface area contributed by atoms with Crippen LogP contribution in [0.25, 0.3) is 0 Å². The molecule has 1 amide bonds. The summed E-state index contributed by atoms with van der Waals surface area (Å²) < 4.78 is 5.40. The van der Waals surface area contributed by atoms with Crippen molar-refractivity contribution in [1.82, 2.24) is 5.32 Å². The van der Waals surface area contributed by atoms with Gasteiger partial charge in [-0.2, -0.15) is 0 Å². The van der Waals surface area contributed by atoms with Crippen molar-refractivity contribution in [2.75, 3.05) is 13.2 Å². The number of carbonyl (C=O) groups excluding carboxylic acids is 2. The van der Waals surface area contributed by atoms with Crippen LogP contribution in [0.4, 0.5) is 0 Å². The number of carbonyl (C=O) groups is 2. The molecule has 6 nitrogen and oxygen atoms in total. The Bertz CT molecular complexity index is 1140. The molecule has 65 heavy (non-hydrogen) atoms. The molecule has 2 unspecified atom stereocenters. The zero-order chi connectivity index (χ0) is 47.2. The van der Waals surface area contributed by atoms with Gasteiger partial charge in [0.15, 0.2) is 0 Å². The van der Waals surface area contributed by atoms with Crippen LogP contribution in [-0.4, -0.2) is 47.4 Å². The number of nitrogens with one attached hydrogen (secondary N) is 1. The molecule has 0 radical (unpaired) electrons. The fourth-order valence-electron chi connectivity index (χ4n) is 8.19. The molecule has 0 aliphatic heterocycles. The van der Waals surface area contributed by atoms with E-state index in [1.165, 1.54) is 186 Å². The van der Waals surface area contributed by atoms with Crippen LogP contribution in [0.5, 0.6) is 0 Å². The van der Waals surface area contributed by atoms with E-state index in [0.29, 0.717) is 19.4 Å². The van der Waals surface area contributed by atoms with E-state index in [9.17, 15) is 19.8 Å². The van der Waals surface area contributed by atoms with E-state index in [1.54, 1.807) is 6.08 Å². The van der Waals surface area contributed by atoms with Crippen molar-refractivity contribution in [1.29, 1.82) is 0 Å². The van der Waals surface area contributed by atoms with Crippen LogP contribution in [0.15, 0.2) is 60.8 Å². The van der Waals surface area contributed by atoms with Gasteiger partial charge < -0.3 is 20.3 Å². The number of hydrogen-bond donors (Lipinski definition) is 3. The summed E-state index contributed by atoms with van der Waals surface area (Å²) in [5, 5.41) is 23.0. The Labute approximate surface area is 403 Å². The van der Waals surface area contributed by atoms with Gasteiger partial charge in [0.2, 0.25) is 5.91 Å². The number of hydrogen-bond acceptors (Lipinski definition) is 5. The summed E-state index contributed by atoms with van der Waals surface area (Å²) in [5.41, 5.74) is 0. The lowest BCUT2D eigenvalue weighted by atomic mass is 10.0. The second-order valence-electron chi connectivity index (χ2n) is 18.9. The Morgan fingerprint density at radius 2 is 0.785 bits per heavy atom. The second kappa shape index (κ2) is 54.2. The van der Waals surface area contributed by atoms with Crippen LogP contribution in [0.1, 0.15) is 277 Å². The number of ether oxygens (including phenoxy) is 1. The smallest absolute Gasteiger partial charge is 0.305 e. The van der Waals surface area contributed by atoms with Gasteiger partial charge >= 0.3 is 5.97 Å². The summed E-state index contributed by atoms with van der Waals surface area (Å²) in [6.07, 6.45) is 69.7. The molecular weight excluding hydrogens is 803 g/mol. The molecule has 3 N–H and O–H groups in total.